The molecule has 7 heteroatoms. The van der Waals surface area contributed by atoms with Gasteiger partial charge in [-0.05, 0) is 66.2 Å². The maximum atomic E-state index is 13.5. The van der Waals surface area contributed by atoms with Crippen molar-refractivity contribution in [2.45, 2.75) is 10.9 Å². The van der Waals surface area contributed by atoms with Crippen LogP contribution in [-0.2, 0) is 5.75 Å². The Morgan fingerprint density at radius 2 is 1.76 bits per heavy atom. The number of nitrogens with zero attached hydrogens (tertiary/aromatic N) is 3. The molecular weight excluding hydrogens is 409 g/mol. The number of ether oxygens (including phenoxy) is 1. The van der Waals surface area contributed by atoms with E-state index in [1.165, 1.54) is 23.9 Å². The van der Waals surface area contributed by atoms with Gasteiger partial charge in [-0.2, -0.15) is 0 Å². The molecule has 0 aliphatic heterocycles. The molecule has 4 aromatic rings. The van der Waals surface area contributed by atoms with Crippen LogP contribution in [0.15, 0.2) is 78.0 Å². The normalized spacial score (nSPS) is 10.9. The number of hydrogen-bond donors (Lipinski definition) is 0. The van der Waals surface area contributed by atoms with Crippen molar-refractivity contribution in [3.8, 4) is 22.8 Å². The molecule has 29 heavy (non-hydrogen) atoms. The molecule has 0 spiro atoms. The molecule has 0 aliphatic rings. The molecular formula is C22H17ClFN3OS. The molecule has 0 saturated carbocycles. The first-order valence-electron chi connectivity index (χ1n) is 8.87. The fourth-order valence-corrected chi connectivity index (χ4v) is 3.91. The summed E-state index contributed by atoms with van der Waals surface area (Å²) in [5, 5.41) is 10.2. The van der Waals surface area contributed by atoms with Gasteiger partial charge in [0.2, 0.25) is 0 Å². The predicted molar refractivity (Wildman–Crippen MR) is 114 cm³/mol. The largest absolute Gasteiger partial charge is 0.497 e. The van der Waals surface area contributed by atoms with E-state index < -0.39 is 0 Å². The zero-order valence-electron chi connectivity index (χ0n) is 15.5. The number of halogens is 2. The van der Waals surface area contributed by atoms with Crippen LogP contribution in [0.2, 0.25) is 5.02 Å². The van der Waals surface area contributed by atoms with Gasteiger partial charge in [-0.3, -0.25) is 4.57 Å². The summed E-state index contributed by atoms with van der Waals surface area (Å²) in [5.41, 5.74) is 2.68. The lowest BCUT2D eigenvalue weighted by Gasteiger charge is -2.11. The molecule has 0 radical (unpaired) electrons. The average Bonchev–Trinajstić information content (AvgIpc) is 3.17. The van der Waals surface area contributed by atoms with E-state index in [1.807, 2.05) is 59.2 Å². The highest BCUT2D eigenvalue weighted by atomic mass is 35.5. The molecule has 0 atom stereocenters. The highest BCUT2D eigenvalue weighted by molar-refractivity contribution is 7.98. The molecule has 1 heterocycles. The molecule has 0 saturated heterocycles. The van der Waals surface area contributed by atoms with Crippen molar-refractivity contribution >= 4 is 23.4 Å². The van der Waals surface area contributed by atoms with Gasteiger partial charge in [-0.1, -0.05) is 35.5 Å². The Labute approximate surface area is 177 Å². The number of rotatable bonds is 6. The van der Waals surface area contributed by atoms with Gasteiger partial charge in [0, 0.05) is 22.0 Å². The quantitative estimate of drug-likeness (QED) is 0.354. The summed E-state index contributed by atoms with van der Waals surface area (Å²) in [4.78, 5) is 0. The molecule has 146 valence electrons. The molecule has 0 fully saturated rings. The fourth-order valence-electron chi connectivity index (χ4n) is 2.89. The second kappa shape index (κ2) is 8.68. The van der Waals surface area contributed by atoms with Crippen LogP contribution >= 0.6 is 23.4 Å². The van der Waals surface area contributed by atoms with Crippen LogP contribution in [0.3, 0.4) is 0 Å². The standard InChI is InChI=1S/C22H17ClFN3OS/c1-28-20-11-5-16(6-12-20)21-25-26-22(27(21)19-9-7-17(23)8-10-19)29-14-15-3-2-4-18(24)13-15/h2-13H,14H2,1H3. The first-order chi connectivity index (χ1) is 14.1. The van der Waals surface area contributed by atoms with Crippen molar-refractivity contribution in [3.63, 3.8) is 0 Å². The van der Waals surface area contributed by atoms with Crippen molar-refractivity contribution < 1.29 is 9.13 Å². The Balaban J connectivity index is 1.72. The third-order valence-electron chi connectivity index (χ3n) is 4.32. The van der Waals surface area contributed by atoms with Crippen LogP contribution in [0.4, 0.5) is 4.39 Å². The van der Waals surface area contributed by atoms with Crippen LogP contribution in [0.1, 0.15) is 5.56 Å². The van der Waals surface area contributed by atoms with Gasteiger partial charge in [0.05, 0.1) is 7.11 Å². The Hall–Kier alpha value is -2.83. The maximum Gasteiger partial charge on any atom is 0.196 e. The Kier molecular flexibility index (Phi) is 5.83. The Morgan fingerprint density at radius 1 is 1.00 bits per heavy atom. The predicted octanol–water partition coefficient (Wildman–Crippen LogP) is 6.03. The van der Waals surface area contributed by atoms with Gasteiger partial charge in [-0.25, -0.2) is 4.39 Å². The van der Waals surface area contributed by atoms with E-state index in [-0.39, 0.29) is 5.82 Å². The van der Waals surface area contributed by atoms with E-state index in [0.717, 1.165) is 22.6 Å². The molecule has 0 aliphatic carbocycles. The van der Waals surface area contributed by atoms with Gasteiger partial charge < -0.3 is 4.74 Å². The number of benzene rings is 3. The summed E-state index contributed by atoms with van der Waals surface area (Å²) >= 11 is 7.56. The fraction of sp³-hybridized carbons (Fsp3) is 0.0909. The summed E-state index contributed by atoms with van der Waals surface area (Å²) in [6.45, 7) is 0. The van der Waals surface area contributed by atoms with Crippen molar-refractivity contribution in [3.05, 3.63) is 89.2 Å². The zero-order valence-corrected chi connectivity index (χ0v) is 17.1. The minimum absolute atomic E-state index is 0.249. The molecule has 0 unspecified atom stereocenters. The van der Waals surface area contributed by atoms with E-state index in [1.54, 1.807) is 13.2 Å². The minimum Gasteiger partial charge on any atom is -0.497 e. The summed E-state index contributed by atoms with van der Waals surface area (Å²) in [6.07, 6.45) is 0. The first-order valence-corrected chi connectivity index (χ1v) is 10.2. The number of hydrogen-bond acceptors (Lipinski definition) is 4. The van der Waals surface area contributed by atoms with Crippen LogP contribution in [-0.4, -0.2) is 21.9 Å². The van der Waals surface area contributed by atoms with Crippen molar-refractivity contribution in [2.24, 2.45) is 0 Å². The average molecular weight is 426 g/mol. The molecule has 0 amide bonds. The van der Waals surface area contributed by atoms with Crippen molar-refractivity contribution in [1.82, 2.24) is 14.8 Å². The van der Waals surface area contributed by atoms with E-state index >= 15 is 0 Å². The van der Waals surface area contributed by atoms with Gasteiger partial charge >= 0.3 is 0 Å². The number of aromatic nitrogens is 3. The van der Waals surface area contributed by atoms with Gasteiger partial charge in [-0.15, -0.1) is 10.2 Å². The van der Waals surface area contributed by atoms with Crippen LogP contribution in [0, 0.1) is 5.82 Å². The SMILES string of the molecule is COc1ccc(-c2nnc(SCc3cccc(F)c3)n2-c2ccc(Cl)cc2)cc1. The lowest BCUT2D eigenvalue weighted by Crippen LogP contribution is -2.00. The molecule has 0 N–H and O–H groups in total. The second-order valence-corrected chi connectivity index (χ2v) is 7.64. The molecule has 0 bridgehead atoms. The summed E-state index contributed by atoms with van der Waals surface area (Å²) < 4.78 is 20.7. The van der Waals surface area contributed by atoms with Crippen molar-refractivity contribution in [1.29, 1.82) is 0 Å². The van der Waals surface area contributed by atoms with E-state index in [2.05, 4.69) is 10.2 Å². The second-order valence-electron chi connectivity index (χ2n) is 6.27. The minimum atomic E-state index is -0.249. The van der Waals surface area contributed by atoms with Crippen LogP contribution in [0.5, 0.6) is 5.75 Å². The molecule has 3 aromatic carbocycles. The third kappa shape index (κ3) is 4.44. The van der Waals surface area contributed by atoms with E-state index in [4.69, 9.17) is 16.3 Å². The smallest absolute Gasteiger partial charge is 0.196 e. The lowest BCUT2D eigenvalue weighted by molar-refractivity contribution is 0.415. The summed E-state index contributed by atoms with van der Waals surface area (Å²) in [5.74, 6) is 1.80. The molecule has 4 rings (SSSR count). The van der Waals surface area contributed by atoms with Crippen LogP contribution < -0.4 is 4.74 Å². The van der Waals surface area contributed by atoms with E-state index in [9.17, 15) is 4.39 Å². The monoisotopic (exact) mass is 425 g/mol. The lowest BCUT2D eigenvalue weighted by atomic mass is 10.2. The topological polar surface area (TPSA) is 39.9 Å². The van der Waals surface area contributed by atoms with Gasteiger partial charge in [0.15, 0.2) is 11.0 Å². The Morgan fingerprint density at radius 3 is 2.45 bits per heavy atom. The summed E-state index contributed by atoms with van der Waals surface area (Å²) in [7, 11) is 1.63. The first kappa shape index (κ1) is 19.5. The van der Waals surface area contributed by atoms with Gasteiger partial charge in [0.1, 0.15) is 11.6 Å². The zero-order chi connectivity index (χ0) is 20.2. The molecule has 1 aromatic heterocycles. The van der Waals surface area contributed by atoms with Crippen LogP contribution in [0.25, 0.3) is 17.1 Å². The van der Waals surface area contributed by atoms with Gasteiger partial charge in [0.25, 0.3) is 0 Å². The maximum absolute atomic E-state index is 13.5. The highest BCUT2D eigenvalue weighted by Crippen LogP contribution is 2.31. The number of thioether (sulfide) groups is 1. The van der Waals surface area contributed by atoms with E-state index in [0.29, 0.717) is 21.8 Å². The molecule has 4 nitrogen and oxygen atoms in total. The number of methoxy groups -OCH3 is 1. The summed E-state index contributed by atoms with van der Waals surface area (Å²) in [6, 6.07) is 21.7. The third-order valence-corrected chi connectivity index (χ3v) is 5.58. The van der Waals surface area contributed by atoms with Crippen molar-refractivity contribution in [2.75, 3.05) is 7.11 Å². The Bertz CT molecular complexity index is 1110. The highest BCUT2D eigenvalue weighted by Gasteiger charge is 2.16.